The van der Waals surface area contributed by atoms with Gasteiger partial charge in [0.15, 0.2) is 0 Å². The van der Waals surface area contributed by atoms with Crippen molar-refractivity contribution in [2.24, 2.45) is 5.92 Å². The second-order valence-corrected chi connectivity index (χ2v) is 7.00. The summed E-state index contributed by atoms with van der Waals surface area (Å²) in [6.45, 7) is 8.55. The summed E-state index contributed by atoms with van der Waals surface area (Å²) in [6.07, 6.45) is 14.1. The van der Waals surface area contributed by atoms with Gasteiger partial charge < -0.3 is 10.2 Å². The van der Waals surface area contributed by atoms with E-state index < -0.39 is 0 Å². The molecule has 2 nitrogen and oxygen atoms in total. The van der Waals surface area contributed by atoms with Gasteiger partial charge >= 0.3 is 0 Å². The van der Waals surface area contributed by atoms with Crippen molar-refractivity contribution in [1.29, 1.82) is 0 Å². The average molecular weight is 313 g/mol. The Kier molecular flexibility index (Phi) is 14.0. The predicted molar refractivity (Wildman–Crippen MR) is 97.1 cm³/mol. The molecule has 2 heteroatoms. The van der Waals surface area contributed by atoms with Crippen molar-refractivity contribution in [3.8, 4) is 0 Å². The molecule has 0 heterocycles. The number of unbranched alkanes of at least 4 members (excludes halogenated alkanes) is 4. The molecule has 0 saturated carbocycles. The van der Waals surface area contributed by atoms with Crippen LogP contribution < -0.4 is 0 Å². The summed E-state index contributed by atoms with van der Waals surface area (Å²) in [5.74, 6) is 0.878. The molecule has 3 atom stereocenters. The highest BCUT2D eigenvalue weighted by molar-refractivity contribution is 5.04. The molecule has 0 rings (SSSR count). The SMILES string of the molecule is CCCCC(C)CCCCCCC(O)C/C=C(\C)C(O)CC. The standard InChI is InChI=1S/C20H40O2/c1-5-7-12-17(3)13-10-8-9-11-14-19(21)16-15-18(4)20(22)6-2/h15,17,19-22H,5-14,16H2,1-4H3/b18-15+. The van der Waals surface area contributed by atoms with Crippen molar-refractivity contribution in [2.75, 3.05) is 0 Å². The molecular weight excluding hydrogens is 272 g/mol. The van der Waals surface area contributed by atoms with E-state index in [1.807, 2.05) is 19.9 Å². The fraction of sp³-hybridized carbons (Fsp3) is 0.900. The minimum atomic E-state index is -0.345. The van der Waals surface area contributed by atoms with Gasteiger partial charge in [0.2, 0.25) is 0 Å². The zero-order chi connectivity index (χ0) is 16.8. The Morgan fingerprint density at radius 3 is 2.09 bits per heavy atom. The van der Waals surface area contributed by atoms with Crippen molar-refractivity contribution < 1.29 is 10.2 Å². The quantitative estimate of drug-likeness (QED) is 0.323. The first-order chi connectivity index (χ1) is 10.5. The van der Waals surface area contributed by atoms with Crippen LogP contribution >= 0.6 is 0 Å². The Labute approximate surface area is 139 Å². The number of hydrogen-bond donors (Lipinski definition) is 2. The Balaban J connectivity index is 3.55. The summed E-state index contributed by atoms with van der Waals surface area (Å²) in [5, 5.41) is 19.6. The molecule has 0 aliphatic carbocycles. The zero-order valence-electron chi connectivity index (χ0n) is 15.5. The van der Waals surface area contributed by atoms with Gasteiger partial charge in [-0.25, -0.2) is 0 Å². The smallest absolute Gasteiger partial charge is 0.0744 e. The Morgan fingerprint density at radius 2 is 1.50 bits per heavy atom. The highest BCUT2D eigenvalue weighted by Gasteiger charge is 2.06. The fourth-order valence-corrected chi connectivity index (χ4v) is 2.82. The topological polar surface area (TPSA) is 40.5 Å². The van der Waals surface area contributed by atoms with Crippen LogP contribution in [0, 0.1) is 5.92 Å². The highest BCUT2D eigenvalue weighted by atomic mass is 16.3. The van der Waals surface area contributed by atoms with Gasteiger partial charge in [-0.1, -0.05) is 78.2 Å². The summed E-state index contributed by atoms with van der Waals surface area (Å²) in [4.78, 5) is 0. The van der Waals surface area contributed by atoms with Gasteiger partial charge in [-0.15, -0.1) is 0 Å². The van der Waals surface area contributed by atoms with Crippen molar-refractivity contribution >= 4 is 0 Å². The van der Waals surface area contributed by atoms with E-state index in [1.165, 1.54) is 44.9 Å². The van der Waals surface area contributed by atoms with Gasteiger partial charge in [-0.05, 0) is 37.7 Å². The molecule has 0 aliphatic heterocycles. The maximum absolute atomic E-state index is 9.97. The third kappa shape index (κ3) is 12.2. The molecular formula is C20H40O2. The molecule has 0 bridgehead atoms. The highest BCUT2D eigenvalue weighted by Crippen LogP contribution is 2.17. The normalized spacial score (nSPS) is 16.5. The molecule has 0 aromatic heterocycles. The monoisotopic (exact) mass is 312 g/mol. The summed E-state index contributed by atoms with van der Waals surface area (Å²) in [6, 6.07) is 0. The van der Waals surface area contributed by atoms with Crippen LogP contribution in [0.25, 0.3) is 0 Å². The van der Waals surface area contributed by atoms with Gasteiger partial charge in [0.05, 0.1) is 12.2 Å². The van der Waals surface area contributed by atoms with Crippen LogP contribution in [0.4, 0.5) is 0 Å². The number of aliphatic hydroxyl groups is 2. The van der Waals surface area contributed by atoms with E-state index in [9.17, 15) is 10.2 Å². The van der Waals surface area contributed by atoms with Crippen molar-refractivity contribution in [3.63, 3.8) is 0 Å². The molecule has 22 heavy (non-hydrogen) atoms. The van der Waals surface area contributed by atoms with Crippen LogP contribution in [-0.2, 0) is 0 Å². The summed E-state index contributed by atoms with van der Waals surface area (Å²) >= 11 is 0. The van der Waals surface area contributed by atoms with E-state index in [1.54, 1.807) is 0 Å². The lowest BCUT2D eigenvalue weighted by molar-refractivity contribution is 0.161. The van der Waals surface area contributed by atoms with Gasteiger partial charge in [0.1, 0.15) is 0 Å². The molecule has 0 radical (unpaired) electrons. The van der Waals surface area contributed by atoms with Crippen LogP contribution in [0.1, 0.15) is 98.3 Å². The van der Waals surface area contributed by atoms with Crippen molar-refractivity contribution in [1.82, 2.24) is 0 Å². The second kappa shape index (κ2) is 14.3. The number of hydrogen-bond acceptors (Lipinski definition) is 2. The largest absolute Gasteiger partial charge is 0.393 e. The minimum Gasteiger partial charge on any atom is -0.393 e. The molecule has 3 unspecified atom stereocenters. The van der Waals surface area contributed by atoms with E-state index >= 15 is 0 Å². The van der Waals surface area contributed by atoms with Crippen LogP contribution in [0.3, 0.4) is 0 Å². The Morgan fingerprint density at radius 1 is 0.909 bits per heavy atom. The van der Waals surface area contributed by atoms with Gasteiger partial charge in [0, 0.05) is 0 Å². The van der Waals surface area contributed by atoms with Crippen LogP contribution in [-0.4, -0.2) is 22.4 Å². The van der Waals surface area contributed by atoms with Crippen LogP contribution in [0.15, 0.2) is 11.6 Å². The van der Waals surface area contributed by atoms with Gasteiger partial charge in [-0.2, -0.15) is 0 Å². The third-order valence-electron chi connectivity index (χ3n) is 4.66. The van der Waals surface area contributed by atoms with Crippen molar-refractivity contribution in [3.05, 3.63) is 11.6 Å². The molecule has 0 aromatic carbocycles. The molecule has 0 saturated heterocycles. The molecule has 0 aromatic rings. The predicted octanol–water partition coefficient (Wildman–Crippen LogP) is 5.62. The first-order valence-electron chi connectivity index (χ1n) is 9.53. The molecule has 0 aliphatic rings. The summed E-state index contributed by atoms with van der Waals surface area (Å²) in [5.41, 5.74) is 0.989. The van der Waals surface area contributed by atoms with Gasteiger partial charge in [0.25, 0.3) is 0 Å². The fourth-order valence-electron chi connectivity index (χ4n) is 2.82. The maximum atomic E-state index is 9.97. The third-order valence-corrected chi connectivity index (χ3v) is 4.66. The maximum Gasteiger partial charge on any atom is 0.0744 e. The molecule has 0 fully saturated rings. The second-order valence-electron chi connectivity index (χ2n) is 7.00. The summed E-state index contributed by atoms with van der Waals surface area (Å²) < 4.78 is 0. The molecule has 0 amide bonds. The number of rotatable bonds is 14. The number of aliphatic hydroxyl groups excluding tert-OH is 2. The minimum absolute atomic E-state index is 0.248. The van der Waals surface area contributed by atoms with Crippen LogP contribution in [0.5, 0.6) is 0 Å². The zero-order valence-corrected chi connectivity index (χ0v) is 15.5. The van der Waals surface area contributed by atoms with E-state index in [2.05, 4.69) is 13.8 Å². The van der Waals surface area contributed by atoms with E-state index in [0.717, 1.165) is 30.8 Å². The van der Waals surface area contributed by atoms with Crippen LogP contribution in [0.2, 0.25) is 0 Å². The lowest BCUT2D eigenvalue weighted by Gasteiger charge is -2.12. The Bertz CT molecular complexity index is 273. The molecule has 0 spiro atoms. The molecule has 2 N–H and O–H groups in total. The average Bonchev–Trinajstić information content (AvgIpc) is 2.52. The first-order valence-corrected chi connectivity index (χ1v) is 9.53. The Hall–Kier alpha value is -0.340. The van der Waals surface area contributed by atoms with Gasteiger partial charge in [-0.3, -0.25) is 0 Å². The van der Waals surface area contributed by atoms with Crippen molar-refractivity contribution in [2.45, 2.75) is 111 Å². The van der Waals surface area contributed by atoms with E-state index in [4.69, 9.17) is 0 Å². The molecule has 132 valence electrons. The summed E-state index contributed by atoms with van der Waals surface area (Å²) in [7, 11) is 0. The van der Waals surface area contributed by atoms with E-state index in [-0.39, 0.29) is 12.2 Å². The first kappa shape index (κ1) is 21.7. The lowest BCUT2D eigenvalue weighted by atomic mass is 9.96. The lowest BCUT2D eigenvalue weighted by Crippen LogP contribution is -2.09. The van der Waals surface area contributed by atoms with E-state index in [0.29, 0.717) is 6.42 Å².